The molecule has 6 nitrogen and oxygen atoms in total. The summed E-state index contributed by atoms with van der Waals surface area (Å²) in [6.45, 7) is 0. The van der Waals surface area contributed by atoms with Crippen LogP contribution in [0.3, 0.4) is 0 Å². The standard InChI is InChI=1S/C63H43N5O/c1-4-20-40(21-5-1)61-64-62(41-22-6-2-7-23-41)66-63(65-61)48-28-12-16-34-53(48)68-52-33-15-11-27-47(52)58-45(31-18-35-54(58)68)50-38-42(44-30-19-37-57-60(44)49-29-13-17-36-56(49)69-57)39-55-59(50)46-26-10-14-32-51(46)67(55)43-24-8-3-9-25-43/h1-38,42,63H,39H2,(H,64,65,66). The second-order valence-electron chi connectivity index (χ2n) is 18.0. The molecule has 12 aromatic rings. The quantitative estimate of drug-likeness (QED) is 0.173. The molecular formula is C63H43N5O. The minimum Gasteiger partial charge on any atom is -0.456 e. The van der Waals surface area contributed by atoms with Crippen LogP contribution in [-0.2, 0) is 6.42 Å². The van der Waals surface area contributed by atoms with Crippen LogP contribution in [0.2, 0.25) is 0 Å². The van der Waals surface area contributed by atoms with Crippen LogP contribution in [-0.4, -0.2) is 20.8 Å². The third kappa shape index (κ3) is 6.26. The predicted molar refractivity (Wildman–Crippen MR) is 283 cm³/mol. The highest BCUT2D eigenvalue weighted by Gasteiger charge is 2.32. The summed E-state index contributed by atoms with van der Waals surface area (Å²) in [5.41, 5.74) is 16.8. The van der Waals surface area contributed by atoms with E-state index in [1.807, 2.05) is 24.3 Å². The first-order valence-corrected chi connectivity index (χ1v) is 23.7. The number of rotatable bonds is 7. The normalized spacial score (nSPS) is 15.9. The third-order valence-electron chi connectivity index (χ3n) is 14.2. The van der Waals surface area contributed by atoms with Gasteiger partial charge >= 0.3 is 0 Å². The van der Waals surface area contributed by atoms with Gasteiger partial charge < -0.3 is 18.9 Å². The van der Waals surface area contributed by atoms with E-state index >= 15 is 0 Å². The molecule has 1 aliphatic carbocycles. The van der Waals surface area contributed by atoms with Crippen molar-refractivity contribution in [1.29, 1.82) is 0 Å². The number of furan rings is 1. The van der Waals surface area contributed by atoms with Crippen molar-refractivity contribution in [2.45, 2.75) is 18.5 Å². The second-order valence-corrected chi connectivity index (χ2v) is 18.0. The third-order valence-corrected chi connectivity index (χ3v) is 14.2. The molecular weight excluding hydrogens is 843 g/mol. The summed E-state index contributed by atoms with van der Waals surface area (Å²) in [6.07, 6.45) is 2.96. The van der Waals surface area contributed by atoms with E-state index in [1.54, 1.807) is 0 Å². The first-order chi connectivity index (χ1) is 34.2. The molecule has 4 heterocycles. The molecule has 6 heteroatoms. The number of amidine groups is 2. The van der Waals surface area contributed by atoms with E-state index in [2.05, 4.69) is 221 Å². The lowest BCUT2D eigenvalue weighted by Gasteiger charge is -2.26. The Morgan fingerprint density at radius 3 is 1.90 bits per heavy atom. The van der Waals surface area contributed by atoms with E-state index < -0.39 is 6.17 Å². The fourth-order valence-corrected chi connectivity index (χ4v) is 11.2. The first-order valence-electron chi connectivity index (χ1n) is 23.7. The average Bonchev–Trinajstić information content (AvgIpc) is 4.09. The minimum absolute atomic E-state index is 0.0443. The molecule has 326 valence electrons. The van der Waals surface area contributed by atoms with Crippen LogP contribution >= 0.6 is 0 Å². The van der Waals surface area contributed by atoms with E-state index in [4.69, 9.17) is 14.4 Å². The second kappa shape index (κ2) is 15.8. The van der Waals surface area contributed by atoms with Gasteiger partial charge in [-0.2, -0.15) is 0 Å². The predicted octanol–water partition coefficient (Wildman–Crippen LogP) is 14.9. The maximum atomic E-state index is 6.52. The molecule has 2 aliphatic rings. The van der Waals surface area contributed by atoms with Gasteiger partial charge in [-0.25, -0.2) is 9.98 Å². The van der Waals surface area contributed by atoms with Crippen molar-refractivity contribution in [2.24, 2.45) is 9.98 Å². The Balaban J connectivity index is 1.01. The molecule has 2 unspecified atom stereocenters. The van der Waals surface area contributed by atoms with E-state index in [1.165, 1.54) is 55.0 Å². The highest BCUT2D eigenvalue weighted by molar-refractivity contribution is 6.17. The van der Waals surface area contributed by atoms with Crippen molar-refractivity contribution in [3.05, 3.63) is 270 Å². The summed E-state index contributed by atoms with van der Waals surface area (Å²) in [7, 11) is 0. The number of hydrogen-bond acceptors (Lipinski definition) is 4. The molecule has 0 radical (unpaired) electrons. The number of nitrogens with zero attached hydrogens (tertiary/aromatic N) is 4. The summed E-state index contributed by atoms with van der Waals surface area (Å²) in [5, 5.41) is 9.73. The lowest BCUT2D eigenvalue weighted by Crippen LogP contribution is -2.34. The zero-order chi connectivity index (χ0) is 45.4. The zero-order valence-electron chi connectivity index (χ0n) is 37.5. The van der Waals surface area contributed by atoms with Gasteiger partial charge in [0.25, 0.3) is 0 Å². The van der Waals surface area contributed by atoms with Gasteiger partial charge in [-0.3, -0.25) is 0 Å². The summed E-state index contributed by atoms with van der Waals surface area (Å²) in [5.74, 6) is 1.53. The summed E-state index contributed by atoms with van der Waals surface area (Å²) < 4.78 is 11.5. The van der Waals surface area contributed by atoms with Gasteiger partial charge in [0.05, 0.1) is 22.2 Å². The number of fused-ring (bicyclic) bond motifs is 9. The number of nitrogens with one attached hydrogen (secondary N) is 1. The topological polar surface area (TPSA) is 59.8 Å². The molecule has 1 aliphatic heterocycles. The minimum atomic E-state index is -0.418. The van der Waals surface area contributed by atoms with Crippen molar-refractivity contribution < 1.29 is 4.42 Å². The molecule has 9 aromatic carbocycles. The lowest BCUT2D eigenvalue weighted by atomic mass is 9.79. The number of allylic oxidation sites excluding steroid dienone is 1. The van der Waals surface area contributed by atoms with Crippen LogP contribution in [0.25, 0.3) is 71.6 Å². The van der Waals surface area contributed by atoms with Crippen molar-refractivity contribution in [1.82, 2.24) is 14.5 Å². The average molecular weight is 886 g/mol. The molecule has 0 saturated carbocycles. The van der Waals surface area contributed by atoms with Crippen LogP contribution < -0.4 is 5.32 Å². The summed E-state index contributed by atoms with van der Waals surface area (Å²) >= 11 is 0. The fraction of sp³-hybridized carbons (Fsp3) is 0.0476. The summed E-state index contributed by atoms with van der Waals surface area (Å²) in [4.78, 5) is 10.5. The molecule has 0 fully saturated rings. The number of aromatic nitrogens is 2. The molecule has 0 saturated heterocycles. The van der Waals surface area contributed by atoms with Crippen LogP contribution in [0, 0.1) is 0 Å². The van der Waals surface area contributed by atoms with Crippen LogP contribution in [0.15, 0.2) is 245 Å². The number of hydrogen-bond donors (Lipinski definition) is 1. The van der Waals surface area contributed by atoms with Crippen molar-refractivity contribution in [2.75, 3.05) is 0 Å². The molecule has 2 atom stereocenters. The van der Waals surface area contributed by atoms with Gasteiger partial charge in [0.15, 0.2) is 5.84 Å². The van der Waals surface area contributed by atoms with E-state index in [-0.39, 0.29) is 5.92 Å². The number of aliphatic imine (C=N–C) groups is 2. The van der Waals surface area contributed by atoms with Crippen LogP contribution in [0.4, 0.5) is 0 Å². The summed E-state index contributed by atoms with van der Waals surface area (Å²) in [6, 6.07) is 79.9. The molecule has 0 amide bonds. The molecule has 69 heavy (non-hydrogen) atoms. The SMILES string of the molecule is C1=C(c2cccc3c2c2ccccc2n3-c2ccccc2C2N=C(c3ccccc3)N=C(c3ccccc3)N2)c2c(n(-c3ccccc3)c3ccccc23)CC1c1cccc2oc3ccccc3c12. The Bertz CT molecular complexity index is 4080. The Kier molecular flexibility index (Phi) is 8.99. The van der Waals surface area contributed by atoms with Crippen molar-refractivity contribution in [3.63, 3.8) is 0 Å². The Labute approximate surface area is 398 Å². The fourth-order valence-electron chi connectivity index (χ4n) is 11.2. The van der Waals surface area contributed by atoms with Gasteiger partial charge in [0, 0.05) is 66.5 Å². The van der Waals surface area contributed by atoms with E-state index in [0.29, 0.717) is 5.84 Å². The highest BCUT2D eigenvalue weighted by Crippen LogP contribution is 2.49. The monoisotopic (exact) mass is 885 g/mol. The zero-order valence-corrected chi connectivity index (χ0v) is 37.5. The van der Waals surface area contributed by atoms with Gasteiger partial charge in [-0.15, -0.1) is 0 Å². The smallest absolute Gasteiger partial charge is 0.159 e. The largest absolute Gasteiger partial charge is 0.456 e. The first kappa shape index (κ1) is 39.2. The molecule has 0 bridgehead atoms. The van der Waals surface area contributed by atoms with Crippen LogP contribution in [0.5, 0.6) is 0 Å². The molecule has 0 spiro atoms. The Hall–Kier alpha value is -9.00. The molecule has 14 rings (SSSR count). The molecule has 1 N–H and O–H groups in total. The highest BCUT2D eigenvalue weighted by atomic mass is 16.3. The van der Waals surface area contributed by atoms with Crippen molar-refractivity contribution in [3.8, 4) is 11.4 Å². The Morgan fingerprint density at radius 2 is 1.09 bits per heavy atom. The van der Waals surface area contributed by atoms with E-state index in [0.717, 1.165) is 67.9 Å². The molecule has 3 aromatic heterocycles. The van der Waals surface area contributed by atoms with Gasteiger partial charge in [0.1, 0.15) is 23.2 Å². The van der Waals surface area contributed by atoms with E-state index in [9.17, 15) is 0 Å². The van der Waals surface area contributed by atoms with Crippen molar-refractivity contribution >= 4 is 71.9 Å². The maximum absolute atomic E-state index is 6.52. The van der Waals surface area contributed by atoms with Gasteiger partial charge in [-0.1, -0.05) is 182 Å². The number of benzene rings is 9. The number of para-hydroxylation sites is 5. The Morgan fingerprint density at radius 1 is 0.478 bits per heavy atom. The lowest BCUT2D eigenvalue weighted by molar-refractivity contribution is 0.668. The van der Waals surface area contributed by atoms with Gasteiger partial charge in [-0.05, 0) is 71.7 Å². The van der Waals surface area contributed by atoms with Gasteiger partial charge in [0.2, 0.25) is 0 Å². The van der Waals surface area contributed by atoms with Crippen LogP contribution in [0.1, 0.15) is 51.2 Å². The maximum Gasteiger partial charge on any atom is 0.159 e.